The Morgan fingerprint density at radius 2 is 2.31 bits per heavy atom. The fourth-order valence-electron chi connectivity index (χ4n) is 1.05. The van der Waals surface area contributed by atoms with Gasteiger partial charge < -0.3 is 0 Å². The quantitative estimate of drug-likeness (QED) is 0.734. The third-order valence-electron chi connectivity index (χ3n) is 1.69. The highest BCUT2D eigenvalue weighted by Crippen LogP contribution is 2.20. The zero-order valence-electron chi connectivity index (χ0n) is 7.06. The number of benzene rings is 1. The number of tetrazole rings is 1. The summed E-state index contributed by atoms with van der Waals surface area (Å²) < 4.78 is 0. The molecule has 0 bridgehead atoms. The molecule has 0 amide bonds. The summed E-state index contributed by atoms with van der Waals surface area (Å²) in [4.78, 5) is 1.20. The van der Waals surface area contributed by atoms with Gasteiger partial charge in [0.2, 0.25) is 0 Å². The van der Waals surface area contributed by atoms with Crippen LogP contribution in [-0.4, -0.2) is 26.9 Å². The van der Waals surface area contributed by atoms with Gasteiger partial charge in [-0.1, -0.05) is 12.1 Å². The summed E-state index contributed by atoms with van der Waals surface area (Å²) in [6, 6.07) is 8.07. The molecule has 2 aromatic rings. The maximum atomic E-state index is 3.84. The van der Waals surface area contributed by atoms with Crippen LogP contribution in [0.25, 0.3) is 11.4 Å². The number of nitrogens with one attached hydrogen (secondary N) is 1. The van der Waals surface area contributed by atoms with Crippen LogP contribution in [0.3, 0.4) is 0 Å². The molecule has 5 heteroatoms. The second-order valence-electron chi connectivity index (χ2n) is 2.48. The molecule has 0 aliphatic heterocycles. The van der Waals surface area contributed by atoms with E-state index in [0.717, 1.165) is 5.56 Å². The second kappa shape index (κ2) is 3.57. The zero-order valence-corrected chi connectivity index (χ0v) is 7.88. The van der Waals surface area contributed by atoms with Crippen molar-refractivity contribution in [2.45, 2.75) is 4.90 Å². The number of aromatic amines is 1. The van der Waals surface area contributed by atoms with E-state index in [-0.39, 0.29) is 0 Å². The maximum absolute atomic E-state index is 3.84. The zero-order chi connectivity index (χ0) is 9.10. The highest BCUT2D eigenvalue weighted by atomic mass is 32.2. The Hall–Kier alpha value is -1.36. The molecule has 0 spiro atoms. The summed E-state index contributed by atoms with van der Waals surface area (Å²) in [7, 11) is 0. The smallest absolute Gasteiger partial charge is 0.179 e. The van der Waals surface area contributed by atoms with E-state index in [9.17, 15) is 0 Å². The van der Waals surface area contributed by atoms with Gasteiger partial charge in [0.1, 0.15) is 0 Å². The number of H-pyrrole nitrogens is 1. The summed E-state index contributed by atoms with van der Waals surface area (Å²) in [6.45, 7) is 0. The van der Waals surface area contributed by atoms with Crippen LogP contribution in [0.5, 0.6) is 0 Å². The van der Waals surface area contributed by atoms with Crippen molar-refractivity contribution in [3.8, 4) is 11.4 Å². The molecular formula is C8H8N4S. The van der Waals surface area contributed by atoms with Crippen molar-refractivity contribution in [2.75, 3.05) is 6.26 Å². The lowest BCUT2D eigenvalue weighted by Crippen LogP contribution is -1.81. The van der Waals surface area contributed by atoms with Crippen molar-refractivity contribution in [1.82, 2.24) is 20.6 Å². The van der Waals surface area contributed by atoms with Crippen molar-refractivity contribution in [3.63, 3.8) is 0 Å². The summed E-state index contributed by atoms with van der Waals surface area (Å²) in [6.07, 6.45) is 2.04. The van der Waals surface area contributed by atoms with Crippen LogP contribution in [0.4, 0.5) is 0 Å². The molecule has 4 nitrogen and oxygen atoms in total. The summed E-state index contributed by atoms with van der Waals surface area (Å²) >= 11 is 1.70. The van der Waals surface area contributed by atoms with Gasteiger partial charge in [0.15, 0.2) is 5.82 Å². The molecule has 0 aliphatic rings. The minimum Gasteiger partial charge on any atom is -0.239 e. The predicted molar refractivity (Wildman–Crippen MR) is 51.4 cm³/mol. The van der Waals surface area contributed by atoms with Crippen LogP contribution in [-0.2, 0) is 0 Å². The molecule has 1 aromatic heterocycles. The third kappa shape index (κ3) is 1.70. The van der Waals surface area contributed by atoms with Crippen molar-refractivity contribution in [2.24, 2.45) is 0 Å². The third-order valence-corrected chi connectivity index (χ3v) is 2.41. The van der Waals surface area contributed by atoms with Gasteiger partial charge in [-0.2, -0.15) is 0 Å². The van der Waals surface area contributed by atoms with Gasteiger partial charge in [-0.3, -0.25) is 0 Å². The molecule has 0 aliphatic carbocycles. The van der Waals surface area contributed by atoms with Crippen LogP contribution in [0.15, 0.2) is 29.2 Å². The highest BCUT2D eigenvalue weighted by molar-refractivity contribution is 7.98. The van der Waals surface area contributed by atoms with Crippen molar-refractivity contribution < 1.29 is 0 Å². The first-order chi connectivity index (χ1) is 6.40. The minimum absolute atomic E-state index is 0.705. The minimum atomic E-state index is 0.705. The van der Waals surface area contributed by atoms with Crippen molar-refractivity contribution >= 4 is 11.8 Å². The normalized spacial score (nSPS) is 10.2. The first-order valence-electron chi connectivity index (χ1n) is 3.78. The summed E-state index contributed by atoms with van der Waals surface area (Å²) in [5, 5.41) is 13.6. The Balaban J connectivity index is 2.41. The molecule has 0 unspecified atom stereocenters. The number of hydrogen-bond donors (Lipinski definition) is 1. The van der Waals surface area contributed by atoms with Gasteiger partial charge in [-0.15, -0.1) is 16.9 Å². The predicted octanol–water partition coefficient (Wildman–Crippen LogP) is 1.59. The standard InChI is InChI=1S/C8H8N4S/c1-13-7-4-2-3-6(5-7)8-9-11-12-10-8/h2-5H,1H3,(H,9,10,11,12). The van der Waals surface area contributed by atoms with Gasteiger partial charge in [0.05, 0.1) is 0 Å². The Morgan fingerprint density at radius 1 is 1.38 bits per heavy atom. The van der Waals surface area contributed by atoms with Crippen LogP contribution in [0, 0.1) is 0 Å². The lowest BCUT2D eigenvalue weighted by atomic mass is 10.2. The average Bonchev–Trinajstić information content (AvgIpc) is 2.71. The number of nitrogens with zero attached hydrogens (tertiary/aromatic N) is 3. The second-order valence-corrected chi connectivity index (χ2v) is 3.36. The van der Waals surface area contributed by atoms with Crippen LogP contribution < -0.4 is 0 Å². The summed E-state index contributed by atoms with van der Waals surface area (Å²) in [5.41, 5.74) is 1.01. The van der Waals surface area contributed by atoms with E-state index in [2.05, 4.69) is 26.7 Å². The van der Waals surface area contributed by atoms with Gasteiger partial charge in [-0.25, -0.2) is 5.10 Å². The molecule has 2 rings (SSSR count). The molecule has 1 heterocycles. The maximum Gasteiger partial charge on any atom is 0.179 e. The van der Waals surface area contributed by atoms with Gasteiger partial charge >= 0.3 is 0 Å². The Bertz CT molecular complexity index is 385. The van der Waals surface area contributed by atoms with E-state index in [1.807, 2.05) is 24.5 Å². The molecule has 0 saturated carbocycles. The molecular weight excluding hydrogens is 184 g/mol. The molecule has 66 valence electrons. The lowest BCUT2D eigenvalue weighted by molar-refractivity contribution is 0.881. The van der Waals surface area contributed by atoms with E-state index < -0.39 is 0 Å². The van der Waals surface area contributed by atoms with Gasteiger partial charge in [0, 0.05) is 10.5 Å². The van der Waals surface area contributed by atoms with Gasteiger partial charge in [-0.05, 0) is 28.8 Å². The van der Waals surface area contributed by atoms with E-state index >= 15 is 0 Å². The Kier molecular flexibility index (Phi) is 2.27. The molecule has 1 N–H and O–H groups in total. The van der Waals surface area contributed by atoms with E-state index in [0.29, 0.717) is 5.82 Å². The fraction of sp³-hybridized carbons (Fsp3) is 0.125. The van der Waals surface area contributed by atoms with Crippen LogP contribution >= 0.6 is 11.8 Å². The van der Waals surface area contributed by atoms with Crippen LogP contribution in [0.1, 0.15) is 0 Å². The Morgan fingerprint density at radius 3 is 3.00 bits per heavy atom. The molecule has 0 saturated heterocycles. The molecule has 0 atom stereocenters. The molecule has 1 aromatic carbocycles. The number of rotatable bonds is 2. The Labute approximate surface area is 79.8 Å². The largest absolute Gasteiger partial charge is 0.239 e. The molecule has 0 fully saturated rings. The van der Waals surface area contributed by atoms with E-state index in [1.165, 1.54) is 4.90 Å². The average molecular weight is 192 g/mol. The monoisotopic (exact) mass is 192 g/mol. The van der Waals surface area contributed by atoms with Crippen LogP contribution in [0.2, 0.25) is 0 Å². The number of thioether (sulfide) groups is 1. The summed E-state index contributed by atoms with van der Waals surface area (Å²) in [5.74, 6) is 0.705. The first kappa shape index (κ1) is 8.25. The fourth-order valence-corrected chi connectivity index (χ4v) is 1.51. The number of aromatic nitrogens is 4. The van der Waals surface area contributed by atoms with Crippen molar-refractivity contribution in [3.05, 3.63) is 24.3 Å². The molecule has 0 radical (unpaired) electrons. The molecule has 13 heavy (non-hydrogen) atoms. The highest BCUT2D eigenvalue weighted by Gasteiger charge is 2.01. The first-order valence-corrected chi connectivity index (χ1v) is 5.01. The number of hydrogen-bond acceptors (Lipinski definition) is 4. The topological polar surface area (TPSA) is 54.5 Å². The van der Waals surface area contributed by atoms with E-state index in [4.69, 9.17) is 0 Å². The van der Waals surface area contributed by atoms with Crippen molar-refractivity contribution in [1.29, 1.82) is 0 Å². The SMILES string of the molecule is CSc1cccc(-c2nnn[nH]2)c1. The van der Waals surface area contributed by atoms with E-state index in [1.54, 1.807) is 11.8 Å². The van der Waals surface area contributed by atoms with Gasteiger partial charge in [0.25, 0.3) is 0 Å². The lowest BCUT2D eigenvalue weighted by Gasteiger charge is -1.97.